The van der Waals surface area contributed by atoms with E-state index < -0.39 is 0 Å². The molecule has 1 aromatic carbocycles. The molecule has 186 valence electrons. The van der Waals surface area contributed by atoms with Gasteiger partial charge in [-0.15, -0.1) is 0 Å². The Kier molecular flexibility index (Phi) is 9.25. The van der Waals surface area contributed by atoms with E-state index in [-0.39, 0.29) is 11.7 Å². The normalized spacial score (nSPS) is 14.9. The highest BCUT2D eigenvalue weighted by Gasteiger charge is 2.19. The largest absolute Gasteiger partial charge is 0.455 e. The maximum atomic E-state index is 12.7. The van der Waals surface area contributed by atoms with Gasteiger partial charge in [0, 0.05) is 50.8 Å². The van der Waals surface area contributed by atoms with Crippen molar-refractivity contribution < 1.29 is 14.3 Å². The number of methoxy groups -OCH3 is 1. The van der Waals surface area contributed by atoms with E-state index in [1.165, 1.54) is 0 Å². The smallest absolute Gasteiger partial charge is 0.247 e. The quantitative estimate of drug-likeness (QED) is 0.332. The summed E-state index contributed by atoms with van der Waals surface area (Å²) in [4.78, 5) is 17.0. The first-order chi connectivity index (χ1) is 16.9. The van der Waals surface area contributed by atoms with Crippen molar-refractivity contribution >= 4 is 17.4 Å². The molecule has 0 saturated carbocycles. The molecule has 5 N–H and O–H groups in total. The number of carbonyl (C=O) groups is 1. The summed E-state index contributed by atoms with van der Waals surface area (Å²) in [6, 6.07) is 9.56. The lowest BCUT2D eigenvalue weighted by molar-refractivity contribution is -0.117. The van der Waals surface area contributed by atoms with E-state index in [0.717, 1.165) is 29.1 Å². The number of nitrogens with zero attached hydrogens (tertiary/aromatic N) is 1. The Balaban J connectivity index is 1.79. The molecule has 2 aromatic rings. The van der Waals surface area contributed by atoms with Crippen molar-refractivity contribution in [3.05, 3.63) is 70.8 Å². The molecule has 3 rings (SSSR count). The molecule has 0 spiro atoms. The highest BCUT2D eigenvalue weighted by Crippen LogP contribution is 2.28. The molecule has 2 heterocycles. The van der Waals surface area contributed by atoms with Crippen LogP contribution in [0.3, 0.4) is 0 Å². The molecule has 9 heteroatoms. The number of aryl methyl sites for hydroxylation is 2. The van der Waals surface area contributed by atoms with Gasteiger partial charge in [-0.25, -0.2) is 0 Å². The Labute approximate surface area is 206 Å². The zero-order chi connectivity index (χ0) is 25.2. The zero-order valence-electron chi connectivity index (χ0n) is 20.7. The highest BCUT2D eigenvalue weighted by molar-refractivity contribution is 6.03. The fraction of sp³-hybridized carbons (Fsp3) is 0.346. The number of ether oxygens (including phenoxy) is 2. The maximum absolute atomic E-state index is 12.7. The minimum absolute atomic E-state index is 0.131. The monoisotopic (exact) mass is 478 g/mol. The Morgan fingerprint density at radius 1 is 1.23 bits per heavy atom. The zero-order valence-corrected chi connectivity index (χ0v) is 20.7. The van der Waals surface area contributed by atoms with Crippen LogP contribution in [0.5, 0.6) is 11.5 Å². The van der Waals surface area contributed by atoms with E-state index in [4.69, 9.17) is 14.9 Å². The summed E-state index contributed by atoms with van der Waals surface area (Å²) in [5.41, 5.74) is 3.89. The first kappa shape index (κ1) is 25.8. The van der Waals surface area contributed by atoms with Crippen LogP contribution in [0.4, 0.5) is 5.69 Å². The van der Waals surface area contributed by atoms with E-state index in [1.807, 2.05) is 44.2 Å². The van der Waals surface area contributed by atoms with Crippen molar-refractivity contribution in [3.8, 4) is 11.5 Å². The molecule has 35 heavy (non-hydrogen) atoms. The lowest BCUT2D eigenvalue weighted by atomic mass is 10.1. The van der Waals surface area contributed by atoms with Crippen LogP contribution >= 0.6 is 0 Å². The standard InChI is InChI=1S/C26H34N6O3/c1-17-14-20(7-9-23(17)35-21-8-6-18(2)31-16-21)32-25(28-3)22-15-19(10-12-29-24(22)27)26(33)30-11-5-13-34-4/h6-9,14-16,28,32H,5,10-13H2,1-4H3,(H2,27,29)(H,30,33)/b25-22+. The first-order valence-electron chi connectivity index (χ1n) is 11.6. The molecule has 1 aliphatic heterocycles. The summed E-state index contributed by atoms with van der Waals surface area (Å²) >= 11 is 0. The second-order valence-corrected chi connectivity index (χ2v) is 8.20. The van der Waals surface area contributed by atoms with Gasteiger partial charge in [0.05, 0.1) is 11.8 Å². The van der Waals surface area contributed by atoms with Crippen LogP contribution in [0.2, 0.25) is 0 Å². The third kappa shape index (κ3) is 7.31. The fourth-order valence-corrected chi connectivity index (χ4v) is 3.54. The summed E-state index contributed by atoms with van der Waals surface area (Å²) in [6.07, 6.45) is 4.74. The van der Waals surface area contributed by atoms with Crippen molar-refractivity contribution in [2.45, 2.75) is 26.7 Å². The summed E-state index contributed by atoms with van der Waals surface area (Å²) in [7, 11) is 3.42. The number of benzene rings is 1. The number of carbonyl (C=O) groups excluding carboxylic acids is 1. The number of pyridine rings is 1. The molecule has 0 bridgehead atoms. The number of aromatic nitrogens is 1. The first-order valence-corrected chi connectivity index (χ1v) is 11.6. The molecule has 0 saturated heterocycles. The Morgan fingerprint density at radius 2 is 2.06 bits per heavy atom. The number of amidine groups is 1. The SMILES string of the molecule is CN/C(Nc1ccc(Oc2ccc(C)nc2)c(C)c1)=C1/C=C(C(=O)NCCCOC)CCNC1=N. The number of nitrogens with one attached hydrogen (secondary N) is 5. The van der Waals surface area contributed by atoms with E-state index in [9.17, 15) is 4.79 Å². The predicted molar refractivity (Wildman–Crippen MR) is 138 cm³/mol. The molecule has 0 unspecified atom stereocenters. The number of anilines is 1. The summed E-state index contributed by atoms with van der Waals surface area (Å²) < 4.78 is 11.0. The van der Waals surface area contributed by atoms with Crippen molar-refractivity contribution in [3.63, 3.8) is 0 Å². The van der Waals surface area contributed by atoms with Crippen LogP contribution in [-0.4, -0.2) is 50.6 Å². The summed E-state index contributed by atoms with van der Waals surface area (Å²) in [5.74, 6) is 2.13. The van der Waals surface area contributed by atoms with E-state index in [1.54, 1.807) is 26.4 Å². The van der Waals surface area contributed by atoms with Gasteiger partial charge in [0.25, 0.3) is 0 Å². The van der Waals surface area contributed by atoms with Crippen molar-refractivity contribution in [1.29, 1.82) is 5.41 Å². The minimum atomic E-state index is -0.131. The lowest BCUT2D eigenvalue weighted by Gasteiger charge is -2.17. The molecule has 1 aliphatic rings. The van der Waals surface area contributed by atoms with Gasteiger partial charge in [-0.3, -0.25) is 15.2 Å². The minimum Gasteiger partial charge on any atom is -0.455 e. The molecule has 9 nitrogen and oxygen atoms in total. The third-order valence-corrected chi connectivity index (χ3v) is 5.46. The Bertz CT molecular complexity index is 1110. The van der Waals surface area contributed by atoms with Crippen LogP contribution in [-0.2, 0) is 9.53 Å². The van der Waals surface area contributed by atoms with Gasteiger partial charge < -0.3 is 30.7 Å². The van der Waals surface area contributed by atoms with Gasteiger partial charge in [0.15, 0.2) is 0 Å². The van der Waals surface area contributed by atoms with E-state index >= 15 is 0 Å². The summed E-state index contributed by atoms with van der Waals surface area (Å²) in [6.45, 7) is 5.54. The van der Waals surface area contributed by atoms with Crippen LogP contribution in [0.15, 0.2) is 59.6 Å². The van der Waals surface area contributed by atoms with Crippen LogP contribution < -0.4 is 26.0 Å². The van der Waals surface area contributed by atoms with Crippen molar-refractivity contribution in [2.24, 2.45) is 0 Å². The van der Waals surface area contributed by atoms with Crippen molar-refractivity contribution in [1.82, 2.24) is 20.9 Å². The predicted octanol–water partition coefficient (Wildman–Crippen LogP) is 3.38. The number of amides is 1. The number of hydrogen-bond acceptors (Lipinski definition) is 7. The Morgan fingerprint density at radius 3 is 2.74 bits per heavy atom. The Hall–Kier alpha value is -3.85. The van der Waals surface area contributed by atoms with Gasteiger partial charge in [0.1, 0.15) is 23.2 Å². The van der Waals surface area contributed by atoms with E-state index in [0.29, 0.717) is 48.8 Å². The third-order valence-electron chi connectivity index (χ3n) is 5.46. The van der Waals surface area contributed by atoms with Crippen LogP contribution in [0.25, 0.3) is 0 Å². The highest BCUT2D eigenvalue weighted by atomic mass is 16.5. The number of hydrogen-bond donors (Lipinski definition) is 5. The van der Waals surface area contributed by atoms with Gasteiger partial charge >= 0.3 is 0 Å². The van der Waals surface area contributed by atoms with Crippen LogP contribution in [0.1, 0.15) is 24.1 Å². The van der Waals surface area contributed by atoms with Crippen LogP contribution in [0, 0.1) is 19.3 Å². The molecule has 0 radical (unpaired) electrons. The topological polar surface area (TPSA) is 120 Å². The van der Waals surface area contributed by atoms with Gasteiger partial charge in [-0.2, -0.15) is 0 Å². The molecule has 0 atom stereocenters. The number of rotatable bonds is 10. The van der Waals surface area contributed by atoms with Gasteiger partial charge in [-0.05, 0) is 68.7 Å². The summed E-state index contributed by atoms with van der Waals surface area (Å²) in [5, 5.41) is 20.9. The molecular formula is C26H34N6O3. The average molecular weight is 479 g/mol. The molecule has 1 amide bonds. The van der Waals surface area contributed by atoms with Gasteiger partial charge in [0.2, 0.25) is 5.91 Å². The molecule has 1 aromatic heterocycles. The van der Waals surface area contributed by atoms with E-state index in [2.05, 4.69) is 26.3 Å². The second-order valence-electron chi connectivity index (χ2n) is 8.20. The van der Waals surface area contributed by atoms with Crippen molar-refractivity contribution in [2.75, 3.05) is 39.2 Å². The molecule has 0 fully saturated rings. The molecular weight excluding hydrogens is 444 g/mol. The van der Waals surface area contributed by atoms with Gasteiger partial charge in [-0.1, -0.05) is 0 Å². The molecule has 0 aliphatic carbocycles. The maximum Gasteiger partial charge on any atom is 0.247 e. The average Bonchev–Trinajstić information content (AvgIpc) is 3.04. The fourth-order valence-electron chi connectivity index (χ4n) is 3.54. The lowest BCUT2D eigenvalue weighted by Crippen LogP contribution is -2.28. The second kappa shape index (κ2) is 12.6.